The molecular weight excluding hydrogens is 224 g/mol. The second-order valence-corrected chi connectivity index (χ2v) is 3.04. The smallest absolute Gasteiger partial charge is 0.125 e. The van der Waals surface area contributed by atoms with Crippen LogP contribution in [0.2, 0.25) is 0 Å². The quantitative estimate of drug-likeness (QED) is 0.685. The molecule has 74 valence electrons. The van der Waals surface area contributed by atoms with Gasteiger partial charge in [0.1, 0.15) is 5.82 Å². The molecule has 2 rings (SSSR count). The van der Waals surface area contributed by atoms with E-state index < -0.39 is 0 Å². The molecule has 1 aromatic heterocycles. The minimum absolute atomic E-state index is 0. The molecular formula is C10H8Cl2FN. The Hall–Kier alpha value is -0.860. The van der Waals surface area contributed by atoms with E-state index in [-0.39, 0.29) is 18.2 Å². The molecule has 1 nitrogen and oxygen atoms in total. The maximum atomic E-state index is 12.8. The Balaban J connectivity index is 0.000000980. The summed E-state index contributed by atoms with van der Waals surface area (Å²) in [7, 11) is 0. The van der Waals surface area contributed by atoms with Crippen LogP contribution in [-0.4, -0.2) is 4.98 Å². The molecule has 0 amide bonds. The third-order valence-corrected chi connectivity index (χ3v) is 2.12. The topological polar surface area (TPSA) is 12.9 Å². The lowest BCUT2D eigenvalue weighted by Gasteiger charge is -1.99. The average molecular weight is 232 g/mol. The fourth-order valence-corrected chi connectivity index (χ4v) is 1.36. The van der Waals surface area contributed by atoms with Crippen LogP contribution in [0.4, 0.5) is 4.39 Å². The van der Waals surface area contributed by atoms with Crippen LogP contribution in [0.15, 0.2) is 30.3 Å². The minimum Gasteiger partial charge on any atom is -0.251 e. The summed E-state index contributed by atoms with van der Waals surface area (Å²) in [6.45, 7) is 0. The first kappa shape index (κ1) is 11.2. The summed E-state index contributed by atoms with van der Waals surface area (Å²) in [6, 6.07) is 8.26. The van der Waals surface area contributed by atoms with Gasteiger partial charge in [0.25, 0.3) is 0 Å². The van der Waals surface area contributed by atoms with Crippen LogP contribution in [0.5, 0.6) is 0 Å². The summed E-state index contributed by atoms with van der Waals surface area (Å²) in [6.07, 6.45) is 0. The Kier molecular flexibility index (Phi) is 3.67. The molecule has 4 heteroatoms. The molecule has 0 spiro atoms. The van der Waals surface area contributed by atoms with Gasteiger partial charge in [-0.3, -0.25) is 4.98 Å². The molecule has 2 aromatic rings. The van der Waals surface area contributed by atoms with Crippen molar-refractivity contribution in [3.8, 4) is 0 Å². The van der Waals surface area contributed by atoms with Gasteiger partial charge in [-0.2, -0.15) is 0 Å². The SMILES string of the molecule is Cl.Fc1ccc2ccc(CCl)nc2c1. The Morgan fingerprint density at radius 1 is 1.21 bits per heavy atom. The molecule has 0 bridgehead atoms. The number of fused-ring (bicyclic) bond motifs is 1. The monoisotopic (exact) mass is 231 g/mol. The Bertz CT molecular complexity index is 445. The fraction of sp³-hybridized carbons (Fsp3) is 0.100. The van der Waals surface area contributed by atoms with E-state index in [0.29, 0.717) is 11.4 Å². The Morgan fingerprint density at radius 2 is 1.93 bits per heavy atom. The molecule has 1 heterocycles. The molecule has 0 atom stereocenters. The summed E-state index contributed by atoms with van der Waals surface area (Å²) in [5.41, 5.74) is 1.41. The van der Waals surface area contributed by atoms with E-state index in [2.05, 4.69) is 4.98 Å². The van der Waals surface area contributed by atoms with Crippen LogP contribution in [0.3, 0.4) is 0 Å². The van der Waals surface area contributed by atoms with Gasteiger partial charge in [0.15, 0.2) is 0 Å². The van der Waals surface area contributed by atoms with Crippen LogP contribution in [0.1, 0.15) is 5.69 Å². The molecule has 0 radical (unpaired) electrons. The number of rotatable bonds is 1. The van der Waals surface area contributed by atoms with Crippen molar-refractivity contribution >= 4 is 34.9 Å². The minimum atomic E-state index is -0.272. The lowest BCUT2D eigenvalue weighted by atomic mass is 10.2. The van der Waals surface area contributed by atoms with Crippen molar-refractivity contribution in [2.75, 3.05) is 0 Å². The molecule has 0 saturated carbocycles. The maximum Gasteiger partial charge on any atom is 0.125 e. The summed E-state index contributed by atoms with van der Waals surface area (Å²) in [4.78, 5) is 4.18. The first-order valence-corrected chi connectivity index (χ1v) is 4.44. The zero-order valence-electron chi connectivity index (χ0n) is 7.21. The summed E-state index contributed by atoms with van der Waals surface area (Å²) in [5, 5.41) is 0.926. The predicted molar refractivity (Wildman–Crippen MR) is 58.5 cm³/mol. The Labute approximate surface area is 92.3 Å². The van der Waals surface area contributed by atoms with Gasteiger partial charge in [-0.1, -0.05) is 6.07 Å². The van der Waals surface area contributed by atoms with E-state index >= 15 is 0 Å². The molecule has 0 aliphatic carbocycles. The number of alkyl halides is 1. The van der Waals surface area contributed by atoms with Crippen LogP contribution in [-0.2, 0) is 5.88 Å². The highest BCUT2D eigenvalue weighted by atomic mass is 35.5. The number of benzene rings is 1. The van der Waals surface area contributed by atoms with Crippen LogP contribution in [0.25, 0.3) is 10.9 Å². The summed E-state index contributed by atoms with van der Waals surface area (Å²) >= 11 is 5.61. The molecule has 0 aliphatic rings. The van der Waals surface area contributed by atoms with Crippen LogP contribution in [0, 0.1) is 5.82 Å². The zero-order valence-corrected chi connectivity index (χ0v) is 8.78. The van der Waals surface area contributed by atoms with Gasteiger partial charge in [0, 0.05) is 11.5 Å². The second kappa shape index (κ2) is 4.58. The average Bonchev–Trinajstić information content (AvgIpc) is 2.16. The lowest BCUT2D eigenvalue weighted by molar-refractivity contribution is 0.629. The largest absolute Gasteiger partial charge is 0.251 e. The number of halogens is 3. The lowest BCUT2D eigenvalue weighted by Crippen LogP contribution is -1.86. The molecule has 0 fully saturated rings. The zero-order chi connectivity index (χ0) is 9.26. The standard InChI is InChI=1S/C10H7ClFN.ClH/c11-6-9-4-2-7-1-3-8(12)5-10(7)13-9;/h1-5H,6H2;1H. The van der Waals surface area contributed by atoms with E-state index in [9.17, 15) is 4.39 Å². The molecule has 0 unspecified atom stereocenters. The fourth-order valence-electron chi connectivity index (χ4n) is 1.21. The van der Waals surface area contributed by atoms with E-state index in [4.69, 9.17) is 11.6 Å². The van der Waals surface area contributed by atoms with Crippen LogP contribution < -0.4 is 0 Å². The highest BCUT2D eigenvalue weighted by molar-refractivity contribution is 6.16. The van der Waals surface area contributed by atoms with E-state index in [1.54, 1.807) is 6.07 Å². The molecule has 0 aliphatic heterocycles. The van der Waals surface area contributed by atoms with Crippen LogP contribution >= 0.6 is 24.0 Å². The summed E-state index contributed by atoms with van der Waals surface area (Å²) in [5.74, 6) is 0.0821. The van der Waals surface area contributed by atoms with Gasteiger partial charge in [-0.15, -0.1) is 24.0 Å². The van der Waals surface area contributed by atoms with Crippen molar-refractivity contribution < 1.29 is 4.39 Å². The van der Waals surface area contributed by atoms with E-state index in [1.165, 1.54) is 12.1 Å². The first-order chi connectivity index (χ1) is 6.29. The number of hydrogen-bond donors (Lipinski definition) is 0. The van der Waals surface area contributed by atoms with Crippen molar-refractivity contribution in [2.45, 2.75) is 5.88 Å². The van der Waals surface area contributed by atoms with E-state index in [1.807, 2.05) is 12.1 Å². The Morgan fingerprint density at radius 3 is 2.64 bits per heavy atom. The van der Waals surface area contributed by atoms with Gasteiger partial charge >= 0.3 is 0 Å². The molecule has 0 N–H and O–H groups in total. The molecule has 14 heavy (non-hydrogen) atoms. The predicted octanol–water partition coefficient (Wildman–Crippen LogP) is 3.53. The van der Waals surface area contributed by atoms with Crippen molar-refractivity contribution in [3.63, 3.8) is 0 Å². The van der Waals surface area contributed by atoms with Gasteiger partial charge < -0.3 is 0 Å². The van der Waals surface area contributed by atoms with Gasteiger partial charge in [-0.05, 0) is 18.2 Å². The summed E-state index contributed by atoms with van der Waals surface area (Å²) < 4.78 is 12.8. The van der Waals surface area contributed by atoms with Crippen molar-refractivity contribution in [1.29, 1.82) is 0 Å². The van der Waals surface area contributed by atoms with Gasteiger partial charge in [0.05, 0.1) is 17.1 Å². The van der Waals surface area contributed by atoms with Gasteiger partial charge in [0.2, 0.25) is 0 Å². The maximum absolute atomic E-state index is 12.8. The van der Waals surface area contributed by atoms with Crippen molar-refractivity contribution in [3.05, 3.63) is 41.8 Å². The number of pyridine rings is 1. The van der Waals surface area contributed by atoms with E-state index in [0.717, 1.165) is 11.1 Å². The number of aromatic nitrogens is 1. The van der Waals surface area contributed by atoms with Crippen molar-refractivity contribution in [2.24, 2.45) is 0 Å². The number of nitrogens with zero attached hydrogens (tertiary/aromatic N) is 1. The molecule has 1 aromatic carbocycles. The molecule has 0 saturated heterocycles. The highest BCUT2D eigenvalue weighted by Crippen LogP contribution is 2.14. The third kappa shape index (κ3) is 2.14. The number of hydrogen-bond acceptors (Lipinski definition) is 1. The second-order valence-electron chi connectivity index (χ2n) is 2.77. The third-order valence-electron chi connectivity index (χ3n) is 1.85. The highest BCUT2D eigenvalue weighted by Gasteiger charge is 1.98. The first-order valence-electron chi connectivity index (χ1n) is 3.91. The van der Waals surface area contributed by atoms with Gasteiger partial charge in [-0.25, -0.2) is 4.39 Å². The normalized spacial score (nSPS) is 9.86. The van der Waals surface area contributed by atoms with Crippen molar-refractivity contribution in [1.82, 2.24) is 4.98 Å².